The smallest absolute Gasteiger partial charge is 0.240 e. The molecule has 2 rings (SSSR count). The van der Waals surface area contributed by atoms with Gasteiger partial charge >= 0.3 is 0 Å². The Balaban J connectivity index is 1.96. The standard InChI is InChI=1S/C14H20FNO3S/c1-19-13-5-7-14(8-6-13)20(17,18)16-10-11-3-2-4-12(15)9-11/h5-8,11-12,16H,2-4,9-10H2,1H3. The Morgan fingerprint density at radius 1 is 1.30 bits per heavy atom. The summed E-state index contributed by atoms with van der Waals surface area (Å²) in [6.07, 6.45) is 1.97. The first kappa shape index (κ1) is 15.3. The molecule has 0 aliphatic heterocycles. The third-order valence-corrected chi connectivity index (χ3v) is 5.09. The quantitative estimate of drug-likeness (QED) is 0.909. The Morgan fingerprint density at radius 3 is 2.60 bits per heavy atom. The summed E-state index contributed by atoms with van der Waals surface area (Å²) in [7, 11) is -2.00. The van der Waals surface area contributed by atoms with E-state index in [1.165, 1.54) is 19.2 Å². The van der Waals surface area contributed by atoms with Gasteiger partial charge in [-0.15, -0.1) is 0 Å². The van der Waals surface area contributed by atoms with Gasteiger partial charge in [-0.1, -0.05) is 6.42 Å². The maximum atomic E-state index is 13.3. The summed E-state index contributed by atoms with van der Waals surface area (Å²) >= 11 is 0. The van der Waals surface area contributed by atoms with Gasteiger partial charge in [0.2, 0.25) is 10.0 Å². The molecule has 4 nitrogen and oxygen atoms in total. The monoisotopic (exact) mass is 301 g/mol. The van der Waals surface area contributed by atoms with Crippen LogP contribution in [0.1, 0.15) is 25.7 Å². The Kier molecular flexibility index (Phi) is 4.99. The molecule has 0 saturated heterocycles. The molecule has 0 bridgehead atoms. The van der Waals surface area contributed by atoms with E-state index in [9.17, 15) is 12.8 Å². The maximum absolute atomic E-state index is 13.3. The molecule has 2 unspecified atom stereocenters. The first-order valence-corrected chi connectivity index (χ1v) is 8.27. The van der Waals surface area contributed by atoms with Gasteiger partial charge < -0.3 is 4.74 Å². The molecule has 112 valence electrons. The summed E-state index contributed by atoms with van der Waals surface area (Å²) in [5, 5.41) is 0. The second-order valence-electron chi connectivity index (χ2n) is 5.16. The fourth-order valence-electron chi connectivity index (χ4n) is 2.48. The molecule has 20 heavy (non-hydrogen) atoms. The van der Waals surface area contributed by atoms with Crippen molar-refractivity contribution < 1.29 is 17.5 Å². The van der Waals surface area contributed by atoms with Gasteiger partial charge in [0, 0.05) is 6.54 Å². The number of sulfonamides is 1. The van der Waals surface area contributed by atoms with Crippen LogP contribution in [0.15, 0.2) is 29.2 Å². The largest absolute Gasteiger partial charge is 0.497 e. The van der Waals surface area contributed by atoms with E-state index in [4.69, 9.17) is 4.74 Å². The van der Waals surface area contributed by atoms with Crippen molar-refractivity contribution in [2.45, 2.75) is 36.8 Å². The number of alkyl halides is 1. The molecule has 1 N–H and O–H groups in total. The molecule has 1 aromatic carbocycles. The average molecular weight is 301 g/mol. The lowest BCUT2D eigenvalue weighted by atomic mass is 9.88. The molecule has 1 saturated carbocycles. The SMILES string of the molecule is COc1ccc(S(=O)(=O)NCC2CCCC(F)C2)cc1. The first-order chi connectivity index (χ1) is 9.51. The molecule has 0 aromatic heterocycles. The predicted molar refractivity (Wildman–Crippen MR) is 75.0 cm³/mol. The minimum Gasteiger partial charge on any atom is -0.497 e. The number of ether oxygens (including phenoxy) is 1. The van der Waals surface area contributed by atoms with Crippen LogP contribution in [0.2, 0.25) is 0 Å². The molecule has 0 heterocycles. The van der Waals surface area contributed by atoms with Crippen molar-refractivity contribution in [2.24, 2.45) is 5.92 Å². The van der Waals surface area contributed by atoms with Crippen LogP contribution in [-0.2, 0) is 10.0 Å². The second kappa shape index (κ2) is 6.54. The van der Waals surface area contributed by atoms with Crippen LogP contribution in [0.25, 0.3) is 0 Å². The number of benzene rings is 1. The minimum atomic E-state index is -3.53. The van der Waals surface area contributed by atoms with Crippen molar-refractivity contribution in [3.05, 3.63) is 24.3 Å². The summed E-state index contributed by atoms with van der Waals surface area (Å²) in [5.41, 5.74) is 0. The highest BCUT2D eigenvalue weighted by Gasteiger charge is 2.23. The van der Waals surface area contributed by atoms with E-state index in [2.05, 4.69) is 4.72 Å². The van der Waals surface area contributed by atoms with Crippen molar-refractivity contribution in [2.75, 3.05) is 13.7 Å². The average Bonchev–Trinajstić information content (AvgIpc) is 2.45. The summed E-state index contributed by atoms with van der Waals surface area (Å²) in [6, 6.07) is 6.21. The lowest BCUT2D eigenvalue weighted by Crippen LogP contribution is -2.32. The zero-order valence-electron chi connectivity index (χ0n) is 11.5. The van der Waals surface area contributed by atoms with Crippen molar-refractivity contribution >= 4 is 10.0 Å². The van der Waals surface area contributed by atoms with Crippen molar-refractivity contribution in [1.29, 1.82) is 0 Å². The Morgan fingerprint density at radius 2 is 2.00 bits per heavy atom. The van der Waals surface area contributed by atoms with Gasteiger partial charge in [-0.05, 0) is 49.4 Å². The van der Waals surface area contributed by atoms with Crippen molar-refractivity contribution in [1.82, 2.24) is 4.72 Å². The molecule has 1 aliphatic carbocycles. The molecular weight excluding hydrogens is 281 g/mol. The van der Waals surface area contributed by atoms with E-state index in [1.54, 1.807) is 12.1 Å². The summed E-state index contributed by atoms with van der Waals surface area (Å²) in [5.74, 6) is 0.697. The van der Waals surface area contributed by atoms with E-state index < -0.39 is 16.2 Å². The van der Waals surface area contributed by atoms with Crippen LogP contribution in [0.3, 0.4) is 0 Å². The van der Waals surface area contributed by atoms with Gasteiger partial charge in [-0.25, -0.2) is 17.5 Å². The van der Waals surface area contributed by atoms with Crippen molar-refractivity contribution in [3.8, 4) is 5.75 Å². The van der Waals surface area contributed by atoms with E-state index in [-0.39, 0.29) is 10.8 Å². The van der Waals surface area contributed by atoms with Gasteiger partial charge in [0.05, 0.1) is 12.0 Å². The molecule has 1 aliphatic rings. The minimum absolute atomic E-state index is 0.0896. The fraction of sp³-hybridized carbons (Fsp3) is 0.571. The van der Waals surface area contributed by atoms with Gasteiger partial charge in [-0.2, -0.15) is 0 Å². The molecule has 0 amide bonds. The number of rotatable bonds is 5. The highest BCUT2D eigenvalue weighted by Crippen LogP contribution is 2.26. The van der Waals surface area contributed by atoms with Gasteiger partial charge in [0.15, 0.2) is 0 Å². The molecule has 0 radical (unpaired) electrons. The zero-order valence-corrected chi connectivity index (χ0v) is 12.3. The predicted octanol–water partition coefficient (Wildman–Crippen LogP) is 2.50. The number of methoxy groups -OCH3 is 1. The molecule has 2 atom stereocenters. The van der Waals surface area contributed by atoms with Gasteiger partial charge in [0.1, 0.15) is 11.9 Å². The second-order valence-corrected chi connectivity index (χ2v) is 6.92. The summed E-state index contributed by atoms with van der Waals surface area (Å²) in [4.78, 5) is 0.200. The van der Waals surface area contributed by atoms with E-state index in [0.717, 1.165) is 12.8 Å². The highest BCUT2D eigenvalue weighted by molar-refractivity contribution is 7.89. The Hall–Kier alpha value is -1.14. The lowest BCUT2D eigenvalue weighted by Gasteiger charge is -2.24. The van der Waals surface area contributed by atoms with E-state index in [0.29, 0.717) is 25.1 Å². The number of nitrogens with one attached hydrogen (secondary N) is 1. The number of halogens is 1. The van der Waals surface area contributed by atoms with Crippen LogP contribution in [0.5, 0.6) is 5.75 Å². The van der Waals surface area contributed by atoms with Crippen LogP contribution < -0.4 is 9.46 Å². The Labute approximate surface area is 119 Å². The molecule has 0 spiro atoms. The fourth-order valence-corrected chi connectivity index (χ4v) is 3.59. The van der Waals surface area contributed by atoms with Crippen LogP contribution in [0, 0.1) is 5.92 Å². The van der Waals surface area contributed by atoms with Crippen molar-refractivity contribution in [3.63, 3.8) is 0 Å². The molecule has 6 heteroatoms. The van der Waals surface area contributed by atoms with Crippen LogP contribution in [0.4, 0.5) is 4.39 Å². The summed E-state index contributed by atoms with van der Waals surface area (Å²) < 4.78 is 45.0. The molecule has 1 aromatic rings. The van der Waals surface area contributed by atoms with E-state index in [1.807, 2.05) is 0 Å². The lowest BCUT2D eigenvalue weighted by molar-refractivity contribution is 0.199. The zero-order chi connectivity index (χ0) is 14.6. The first-order valence-electron chi connectivity index (χ1n) is 6.79. The summed E-state index contributed by atoms with van der Waals surface area (Å²) in [6.45, 7) is 0.300. The third kappa shape index (κ3) is 3.93. The number of hydrogen-bond acceptors (Lipinski definition) is 3. The number of hydrogen-bond donors (Lipinski definition) is 1. The Bertz CT molecular complexity index is 530. The van der Waals surface area contributed by atoms with Gasteiger partial charge in [-0.3, -0.25) is 0 Å². The van der Waals surface area contributed by atoms with Crippen LogP contribution >= 0.6 is 0 Å². The maximum Gasteiger partial charge on any atom is 0.240 e. The van der Waals surface area contributed by atoms with Gasteiger partial charge in [0.25, 0.3) is 0 Å². The molecular formula is C14H20FNO3S. The highest BCUT2D eigenvalue weighted by atomic mass is 32.2. The topological polar surface area (TPSA) is 55.4 Å². The normalized spacial score (nSPS) is 23.5. The third-order valence-electron chi connectivity index (χ3n) is 3.65. The van der Waals surface area contributed by atoms with Crippen LogP contribution in [-0.4, -0.2) is 28.2 Å². The molecule has 1 fully saturated rings. The van der Waals surface area contributed by atoms with E-state index >= 15 is 0 Å².